The number of halogens is 1. The second-order valence-corrected chi connectivity index (χ2v) is 6.01. The Morgan fingerprint density at radius 1 is 1.26 bits per heavy atom. The van der Waals surface area contributed by atoms with Crippen LogP contribution in [0.4, 0.5) is 4.79 Å². The number of carbonyl (C=O) groups is 1. The lowest BCUT2D eigenvalue weighted by molar-refractivity contribution is -0.0668. The van der Waals surface area contributed by atoms with E-state index in [-0.39, 0.29) is 23.2 Å². The van der Waals surface area contributed by atoms with Crippen molar-refractivity contribution < 1.29 is 14.3 Å². The molecule has 0 aromatic heterocycles. The zero-order chi connectivity index (χ0) is 13.2. The van der Waals surface area contributed by atoms with Gasteiger partial charge in [-0.3, -0.25) is 4.90 Å². The lowest BCUT2D eigenvalue weighted by Crippen LogP contribution is -2.47. The Bertz CT molecular complexity index is 453. The van der Waals surface area contributed by atoms with Gasteiger partial charge >= 0.3 is 6.09 Å². The fourth-order valence-electron chi connectivity index (χ4n) is 2.63. The molecule has 0 N–H and O–H groups in total. The number of benzene rings is 1. The van der Waals surface area contributed by atoms with E-state index in [0.717, 1.165) is 18.4 Å². The third kappa shape index (κ3) is 2.49. The van der Waals surface area contributed by atoms with E-state index in [1.54, 1.807) is 4.90 Å². The van der Waals surface area contributed by atoms with E-state index in [1.807, 2.05) is 30.3 Å². The Kier molecular flexibility index (Phi) is 3.75. The summed E-state index contributed by atoms with van der Waals surface area (Å²) < 4.78 is 11.0. The van der Waals surface area contributed by atoms with Crippen LogP contribution in [-0.2, 0) is 9.47 Å². The van der Waals surface area contributed by atoms with Crippen LogP contribution in [0.15, 0.2) is 30.3 Å². The summed E-state index contributed by atoms with van der Waals surface area (Å²) in [4.78, 5) is 13.9. The quantitative estimate of drug-likeness (QED) is 0.784. The predicted molar refractivity (Wildman–Crippen MR) is 74.1 cm³/mol. The first-order valence-electron chi connectivity index (χ1n) is 6.53. The van der Waals surface area contributed by atoms with E-state index in [1.165, 1.54) is 0 Å². The summed E-state index contributed by atoms with van der Waals surface area (Å²) in [6.07, 6.45) is 1.50. The number of hydrogen-bond acceptors (Lipinski definition) is 3. The molecule has 2 aliphatic heterocycles. The van der Waals surface area contributed by atoms with Gasteiger partial charge in [-0.05, 0) is 18.4 Å². The number of hydrogen-bond donors (Lipinski definition) is 0. The van der Waals surface area contributed by atoms with E-state index in [4.69, 9.17) is 9.47 Å². The lowest BCUT2D eigenvalue weighted by Gasteiger charge is -2.36. The molecule has 0 unspecified atom stereocenters. The molecule has 5 heteroatoms. The molecule has 1 amide bonds. The van der Waals surface area contributed by atoms with Crippen LogP contribution in [0.25, 0.3) is 0 Å². The maximum absolute atomic E-state index is 12.0. The lowest BCUT2D eigenvalue weighted by atomic mass is 10.1. The first-order chi connectivity index (χ1) is 9.27. The van der Waals surface area contributed by atoms with Crippen molar-refractivity contribution in [3.63, 3.8) is 0 Å². The summed E-state index contributed by atoms with van der Waals surface area (Å²) in [5.41, 5.74) is 1.09. The van der Waals surface area contributed by atoms with Crippen LogP contribution in [0.3, 0.4) is 0 Å². The van der Waals surface area contributed by atoms with Crippen molar-refractivity contribution in [3.05, 3.63) is 35.9 Å². The van der Waals surface area contributed by atoms with Crippen LogP contribution in [0.5, 0.6) is 0 Å². The molecule has 0 bridgehead atoms. The zero-order valence-corrected chi connectivity index (χ0v) is 12.1. The first-order valence-corrected chi connectivity index (χ1v) is 7.44. The average molecular weight is 326 g/mol. The molecular weight excluding hydrogens is 310 g/mol. The third-order valence-corrected chi connectivity index (χ3v) is 4.50. The van der Waals surface area contributed by atoms with Gasteiger partial charge in [-0.15, -0.1) is 0 Å². The van der Waals surface area contributed by atoms with Crippen LogP contribution in [0.2, 0.25) is 0 Å². The van der Waals surface area contributed by atoms with Crippen molar-refractivity contribution in [3.8, 4) is 0 Å². The molecule has 1 aromatic carbocycles. The van der Waals surface area contributed by atoms with Crippen molar-refractivity contribution in [2.75, 3.05) is 13.2 Å². The van der Waals surface area contributed by atoms with E-state index in [0.29, 0.717) is 13.2 Å². The number of nitrogens with zero attached hydrogens (tertiary/aromatic N) is 1. The molecule has 0 radical (unpaired) electrons. The predicted octanol–water partition coefficient (Wildman–Crippen LogP) is 3.08. The van der Waals surface area contributed by atoms with Gasteiger partial charge in [0.05, 0.1) is 10.9 Å². The van der Waals surface area contributed by atoms with Crippen molar-refractivity contribution in [1.82, 2.24) is 4.90 Å². The highest BCUT2D eigenvalue weighted by Gasteiger charge is 2.43. The first kappa shape index (κ1) is 12.9. The van der Waals surface area contributed by atoms with Gasteiger partial charge in [0, 0.05) is 6.61 Å². The second kappa shape index (κ2) is 5.51. The van der Waals surface area contributed by atoms with E-state index in [9.17, 15) is 4.79 Å². The highest BCUT2D eigenvalue weighted by Crippen LogP contribution is 2.35. The SMILES string of the molecule is O=C1OC[C@@H](c2ccccc2)N1[C@@H]1OCCC[C@H]1Br. The third-order valence-electron chi connectivity index (χ3n) is 3.59. The molecule has 2 fully saturated rings. The Morgan fingerprint density at radius 3 is 2.79 bits per heavy atom. The fraction of sp³-hybridized carbons (Fsp3) is 0.500. The molecule has 102 valence electrons. The van der Waals surface area contributed by atoms with E-state index in [2.05, 4.69) is 15.9 Å². The highest BCUT2D eigenvalue weighted by atomic mass is 79.9. The van der Waals surface area contributed by atoms with Crippen LogP contribution in [0.1, 0.15) is 24.4 Å². The maximum Gasteiger partial charge on any atom is 0.412 e. The molecule has 3 atom stereocenters. The fourth-order valence-corrected chi connectivity index (χ4v) is 3.36. The largest absolute Gasteiger partial charge is 0.447 e. The monoisotopic (exact) mass is 325 g/mol. The molecular formula is C14H16BrNO3. The molecule has 19 heavy (non-hydrogen) atoms. The smallest absolute Gasteiger partial charge is 0.412 e. The van der Waals surface area contributed by atoms with Crippen LogP contribution in [-0.4, -0.2) is 35.3 Å². The van der Waals surface area contributed by atoms with Gasteiger partial charge in [0.15, 0.2) is 0 Å². The molecule has 1 aromatic rings. The molecule has 2 saturated heterocycles. The molecule has 0 saturated carbocycles. The zero-order valence-electron chi connectivity index (χ0n) is 10.5. The number of cyclic esters (lactones) is 1. The summed E-state index contributed by atoms with van der Waals surface area (Å²) in [7, 11) is 0. The summed E-state index contributed by atoms with van der Waals surface area (Å²) in [5, 5.41) is 0. The molecule has 3 rings (SSSR count). The van der Waals surface area contributed by atoms with Crippen LogP contribution >= 0.6 is 15.9 Å². The van der Waals surface area contributed by atoms with Gasteiger partial charge in [0.25, 0.3) is 0 Å². The Morgan fingerprint density at radius 2 is 2.05 bits per heavy atom. The number of ether oxygens (including phenoxy) is 2. The number of rotatable bonds is 2. The van der Waals surface area contributed by atoms with Gasteiger partial charge in [-0.2, -0.15) is 0 Å². The number of alkyl halides is 1. The standard InChI is InChI=1S/C14H16BrNO3/c15-11-7-4-8-18-13(11)16-12(9-19-14(16)17)10-5-2-1-3-6-10/h1-3,5-6,11-13H,4,7-9H2/t11-,12+,13-/m1/s1. The topological polar surface area (TPSA) is 38.8 Å². The Balaban J connectivity index is 1.86. The maximum atomic E-state index is 12.0. The minimum Gasteiger partial charge on any atom is -0.447 e. The van der Waals surface area contributed by atoms with Gasteiger partial charge in [0.2, 0.25) is 0 Å². The molecule has 0 aliphatic carbocycles. The average Bonchev–Trinajstić information content (AvgIpc) is 2.82. The normalized spacial score (nSPS) is 31.3. The minimum atomic E-state index is -0.287. The van der Waals surface area contributed by atoms with Gasteiger partial charge in [0.1, 0.15) is 12.8 Å². The highest BCUT2D eigenvalue weighted by molar-refractivity contribution is 9.09. The molecule has 4 nitrogen and oxygen atoms in total. The van der Waals surface area contributed by atoms with Gasteiger partial charge in [-0.25, -0.2) is 4.79 Å². The van der Waals surface area contributed by atoms with Gasteiger partial charge in [-0.1, -0.05) is 46.3 Å². The molecule has 2 heterocycles. The Hall–Kier alpha value is -1.07. The summed E-state index contributed by atoms with van der Waals surface area (Å²) in [6.45, 7) is 1.08. The van der Waals surface area contributed by atoms with E-state index < -0.39 is 0 Å². The van der Waals surface area contributed by atoms with E-state index >= 15 is 0 Å². The summed E-state index contributed by atoms with van der Waals surface area (Å²) in [6, 6.07) is 9.90. The molecule has 0 spiro atoms. The van der Waals surface area contributed by atoms with Crippen LogP contribution < -0.4 is 0 Å². The van der Waals surface area contributed by atoms with Gasteiger partial charge < -0.3 is 9.47 Å². The number of carbonyl (C=O) groups excluding carboxylic acids is 1. The van der Waals surface area contributed by atoms with Crippen molar-refractivity contribution in [2.24, 2.45) is 0 Å². The Labute approximate surface area is 120 Å². The van der Waals surface area contributed by atoms with Crippen molar-refractivity contribution in [1.29, 1.82) is 0 Å². The van der Waals surface area contributed by atoms with Crippen molar-refractivity contribution >= 4 is 22.0 Å². The van der Waals surface area contributed by atoms with Crippen LogP contribution in [0, 0.1) is 0 Å². The minimum absolute atomic E-state index is 0.0585. The summed E-state index contributed by atoms with van der Waals surface area (Å²) in [5.74, 6) is 0. The number of amides is 1. The van der Waals surface area contributed by atoms with Crippen molar-refractivity contribution in [2.45, 2.75) is 29.9 Å². The second-order valence-electron chi connectivity index (χ2n) is 4.83. The summed E-state index contributed by atoms with van der Waals surface area (Å²) >= 11 is 3.62. The molecule has 2 aliphatic rings.